The summed E-state index contributed by atoms with van der Waals surface area (Å²) in [5.74, 6) is 0. The molecule has 0 fully saturated rings. The SMILES string of the molecule is NCCCc1cnc2ccccc2n1. The molecule has 2 aromatic rings. The van der Waals surface area contributed by atoms with E-state index in [2.05, 4.69) is 9.97 Å². The second-order valence-corrected chi connectivity index (χ2v) is 3.24. The van der Waals surface area contributed by atoms with Gasteiger partial charge in [-0.2, -0.15) is 0 Å². The number of hydrogen-bond donors (Lipinski definition) is 1. The lowest BCUT2D eigenvalue weighted by molar-refractivity contribution is 0.810. The lowest BCUT2D eigenvalue weighted by Gasteiger charge is -2.00. The van der Waals surface area contributed by atoms with Crippen molar-refractivity contribution < 1.29 is 0 Å². The summed E-state index contributed by atoms with van der Waals surface area (Å²) in [6.07, 6.45) is 3.71. The van der Waals surface area contributed by atoms with E-state index >= 15 is 0 Å². The molecule has 0 amide bonds. The monoisotopic (exact) mass is 187 g/mol. The van der Waals surface area contributed by atoms with Crippen LogP contribution >= 0.6 is 0 Å². The van der Waals surface area contributed by atoms with Crippen molar-refractivity contribution in [2.24, 2.45) is 5.73 Å². The van der Waals surface area contributed by atoms with Crippen molar-refractivity contribution in [3.8, 4) is 0 Å². The van der Waals surface area contributed by atoms with Crippen LogP contribution in [0.25, 0.3) is 11.0 Å². The van der Waals surface area contributed by atoms with Crippen molar-refractivity contribution >= 4 is 11.0 Å². The minimum Gasteiger partial charge on any atom is -0.330 e. The normalized spacial score (nSPS) is 10.6. The Morgan fingerprint density at radius 2 is 1.93 bits per heavy atom. The Bertz CT molecular complexity index is 426. The molecule has 0 aliphatic rings. The van der Waals surface area contributed by atoms with Gasteiger partial charge < -0.3 is 5.73 Å². The zero-order chi connectivity index (χ0) is 9.80. The van der Waals surface area contributed by atoms with Crippen LogP contribution in [0.15, 0.2) is 30.5 Å². The number of nitrogens with two attached hydrogens (primary N) is 1. The predicted octanol–water partition coefficient (Wildman–Crippen LogP) is 1.52. The molecule has 14 heavy (non-hydrogen) atoms. The summed E-state index contributed by atoms with van der Waals surface area (Å²) < 4.78 is 0. The van der Waals surface area contributed by atoms with Crippen molar-refractivity contribution in [3.05, 3.63) is 36.2 Å². The molecule has 1 heterocycles. The second kappa shape index (κ2) is 4.15. The number of rotatable bonds is 3. The Balaban J connectivity index is 2.32. The molecule has 0 aliphatic heterocycles. The third kappa shape index (κ3) is 1.88. The molecule has 72 valence electrons. The Morgan fingerprint density at radius 1 is 1.14 bits per heavy atom. The average molecular weight is 187 g/mol. The smallest absolute Gasteiger partial charge is 0.0890 e. The van der Waals surface area contributed by atoms with E-state index in [-0.39, 0.29) is 0 Å². The van der Waals surface area contributed by atoms with Gasteiger partial charge in [-0.05, 0) is 31.5 Å². The molecule has 0 saturated carbocycles. The van der Waals surface area contributed by atoms with Gasteiger partial charge in [-0.1, -0.05) is 12.1 Å². The lowest BCUT2D eigenvalue weighted by Crippen LogP contribution is -2.02. The van der Waals surface area contributed by atoms with Crippen LogP contribution in [0.5, 0.6) is 0 Å². The molecule has 0 atom stereocenters. The Morgan fingerprint density at radius 3 is 2.71 bits per heavy atom. The molecule has 3 nitrogen and oxygen atoms in total. The van der Waals surface area contributed by atoms with Gasteiger partial charge in [-0.25, -0.2) is 4.98 Å². The summed E-state index contributed by atoms with van der Waals surface area (Å²) in [7, 11) is 0. The van der Waals surface area contributed by atoms with Gasteiger partial charge in [-0.15, -0.1) is 0 Å². The summed E-state index contributed by atoms with van der Waals surface area (Å²) >= 11 is 0. The van der Waals surface area contributed by atoms with E-state index in [1.54, 1.807) is 0 Å². The van der Waals surface area contributed by atoms with E-state index in [1.807, 2.05) is 30.5 Å². The standard InChI is InChI=1S/C11H13N3/c12-7-3-4-9-8-13-10-5-1-2-6-11(10)14-9/h1-2,5-6,8H,3-4,7,12H2. The van der Waals surface area contributed by atoms with Crippen molar-refractivity contribution in [3.63, 3.8) is 0 Å². The van der Waals surface area contributed by atoms with E-state index in [0.717, 1.165) is 29.6 Å². The summed E-state index contributed by atoms with van der Waals surface area (Å²) in [5.41, 5.74) is 8.37. The average Bonchev–Trinajstić information content (AvgIpc) is 2.26. The minimum absolute atomic E-state index is 0.703. The summed E-state index contributed by atoms with van der Waals surface area (Å²) in [5, 5.41) is 0. The molecular weight excluding hydrogens is 174 g/mol. The Hall–Kier alpha value is -1.48. The number of hydrogen-bond acceptors (Lipinski definition) is 3. The highest BCUT2D eigenvalue weighted by Crippen LogP contribution is 2.09. The summed E-state index contributed by atoms with van der Waals surface area (Å²) in [4.78, 5) is 8.83. The number of aromatic nitrogens is 2. The van der Waals surface area contributed by atoms with Gasteiger partial charge in [0.2, 0.25) is 0 Å². The first kappa shape index (κ1) is 9.09. The quantitative estimate of drug-likeness (QED) is 0.792. The molecule has 0 radical (unpaired) electrons. The molecule has 0 saturated heterocycles. The molecule has 1 aromatic carbocycles. The van der Waals surface area contributed by atoms with Gasteiger partial charge in [0.25, 0.3) is 0 Å². The fourth-order valence-electron chi connectivity index (χ4n) is 1.40. The Kier molecular flexibility index (Phi) is 2.70. The van der Waals surface area contributed by atoms with Crippen LogP contribution in [0, 0.1) is 0 Å². The molecule has 0 bridgehead atoms. The number of benzene rings is 1. The van der Waals surface area contributed by atoms with E-state index in [1.165, 1.54) is 0 Å². The highest BCUT2D eigenvalue weighted by molar-refractivity contribution is 5.73. The first-order chi connectivity index (χ1) is 6.90. The van der Waals surface area contributed by atoms with E-state index < -0.39 is 0 Å². The minimum atomic E-state index is 0.703. The fourth-order valence-corrected chi connectivity index (χ4v) is 1.40. The molecule has 0 aliphatic carbocycles. The van der Waals surface area contributed by atoms with Gasteiger partial charge in [0.15, 0.2) is 0 Å². The van der Waals surface area contributed by atoms with Crippen LogP contribution in [0.1, 0.15) is 12.1 Å². The maximum absolute atomic E-state index is 5.44. The summed E-state index contributed by atoms with van der Waals surface area (Å²) in [6, 6.07) is 7.89. The largest absolute Gasteiger partial charge is 0.330 e. The van der Waals surface area contributed by atoms with Crippen LogP contribution in [0.3, 0.4) is 0 Å². The van der Waals surface area contributed by atoms with Crippen LogP contribution < -0.4 is 5.73 Å². The molecule has 1 aromatic heterocycles. The zero-order valence-corrected chi connectivity index (χ0v) is 7.98. The predicted molar refractivity (Wildman–Crippen MR) is 56.9 cm³/mol. The van der Waals surface area contributed by atoms with Gasteiger partial charge in [0, 0.05) is 6.20 Å². The number of aryl methyl sites for hydroxylation is 1. The third-order valence-corrected chi connectivity index (χ3v) is 2.14. The molecule has 2 N–H and O–H groups in total. The Labute approximate surface area is 83.0 Å². The van der Waals surface area contributed by atoms with Crippen LogP contribution in [-0.2, 0) is 6.42 Å². The molecule has 0 spiro atoms. The number of para-hydroxylation sites is 2. The topological polar surface area (TPSA) is 51.8 Å². The van der Waals surface area contributed by atoms with Crippen molar-refractivity contribution in [2.75, 3.05) is 6.54 Å². The van der Waals surface area contributed by atoms with Crippen molar-refractivity contribution in [2.45, 2.75) is 12.8 Å². The lowest BCUT2D eigenvalue weighted by atomic mass is 10.2. The first-order valence-electron chi connectivity index (χ1n) is 4.81. The van der Waals surface area contributed by atoms with E-state index in [9.17, 15) is 0 Å². The van der Waals surface area contributed by atoms with Gasteiger partial charge >= 0.3 is 0 Å². The third-order valence-electron chi connectivity index (χ3n) is 2.14. The van der Waals surface area contributed by atoms with Crippen LogP contribution in [-0.4, -0.2) is 16.5 Å². The van der Waals surface area contributed by atoms with Crippen molar-refractivity contribution in [1.82, 2.24) is 9.97 Å². The molecular formula is C11H13N3. The fraction of sp³-hybridized carbons (Fsp3) is 0.273. The van der Waals surface area contributed by atoms with Gasteiger partial charge in [-0.3, -0.25) is 4.98 Å². The maximum atomic E-state index is 5.44. The summed E-state index contributed by atoms with van der Waals surface area (Å²) in [6.45, 7) is 0.703. The number of nitrogens with zero attached hydrogens (tertiary/aromatic N) is 2. The first-order valence-corrected chi connectivity index (χ1v) is 4.81. The zero-order valence-electron chi connectivity index (χ0n) is 7.98. The molecule has 3 heteroatoms. The van der Waals surface area contributed by atoms with Crippen molar-refractivity contribution in [1.29, 1.82) is 0 Å². The molecule has 0 unspecified atom stereocenters. The maximum Gasteiger partial charge on any atom is 0.0890 e. The van der Waals surface area contributed by atoms with Gasteiger partial charge in [0.05, 0.1) is 16.7 Å². The molecule has 2 rings (SSSR count). The highest BCUT2D eigenvalue weighted by Gasteiger charge is 1.97. The van der Waals surface area contributed by atoms with Crippen LogP contribution in [0.4, 0.5) is 0 Å². The number of fused-ring (bicyclic) bond motifs is 1. The van der Waals surface area contributed by atoms with Gasteiger partial charge in [0.1, 0.15) is 0 Å². The van der Waals surface area contributed by atoms with E-state index in [0.29, 0.717) is 6.54 Å². The van der Waals surface area contributed by atoms with E-state index in [4.69, 9.17) is 5.73 Å². The second-order valence-electron chi connectivity index (χ2n) is 3.24. The van der Waals surface area contributed by atoms with Crippen LogP contribution in [0.2, 0.25) is 0 Å². The highest BCUT2D eigenvalue weighted by atomic mass is 14.8.